The van der Waals surface area contributed by atoms with Gasteiger partial charge in [-0.3, -0.25) is 9.78 Å². The number of aromatic nitrogens is 3. The lowest BCUT2D eigenvalue weighted by Crippen LogP contribution is -2.13. The van der Waals surface area contributed by atoms with Gasteiger partial charge in [0.25, 0.3) is 0 Å². The SMILES string of the molecule is C/C(=N\Nc1ncc(Cl)c(Nc2cccc(NC(=O)/C=C/CN(C)C)c2)n1)c1cccnc1. The second kappa shape index (κ2) is 11.7. The summed E-state index contributed by atoms with van der Waals surface area (Å²) in [6.07, 6.45) is 8.21. The summed E-state index contributed by atoms with van der Waals surface area (Å²) >= 11 is 6.27. The molecular formula is C23H25ClN8O. The number of rotatable bonds is 9. The number of hydrogen-bond donors (Lipinski definition) is 3. The number of hydrogen-bond acceptors (Lipinski definition) is 8. The lowest BCUT2D eigenvalue weighted by Gasteiger charge is -2.10. The summed E-state index contributed by atoms with van der Waals surface area (Å²) in [6.45, 7) is 2.54. The molecule has 0 bridgehead atoms. The number of halogens is 1. The molecule has 0 atom stereocenters. The number of pyridine rings is 1. The maximum atomic E-state index is 12.1. The molecule has 0 unspecified atom stereocenters. The maximum Gasteiger partial charge on any atom is 0.248 e. The van der Waals surface area contributed by atoms with E-state index >= 15 is 0 Å². The van der Waals surface area contributed by atoms with E-state index in [9.17, 15) is 4.79 Å². The first-order valence-corrected chi connectivity index (χ1v) is 10.5. The topological polar surface area (TPSA) is 107 Å². The molecule has 0 radical (unpaired) electrons. The summed E-state index contributed by atoms with van der Waals surface area (Å²) in [4.78, 5) is 26.7. The molecule has 0 aliphatic rings. The molecule has 0 spiro atoms. The zero-order valence-electron chi connectivity index (χ0n) is 18.6. The Morgan fingerprint density at radius 1 is 1.18 bits per heavy atom. The van der Waals surface area contributed by atoms with E-state index in [0.717, 1.165) is 11.3 Å². The fourth-order valence-corrected chi connectivity index (χ4v) is 2.79. The number of benzene rings is 1. The van der Waals surface area contributed by atoms with Crippen molar-refractivity contribution in [1.82, 2.24) is 19.9 Å². The molecule has 0 aliphatic carbocycles. The smallest absolute Gasteiger partial charge is 0.248 e. The highest BCUT2D eigenvalue weighted by Crippen LogP contribution is 2.25. The Morgan fingerprint density at radius 2 is 2.00 bits per heavy atom. The Labute approximate surface area is 197 Å². The standard InChI is InChI=1S/C23H25ClN8O/c1-16(17-7-5-11-25-14-17)30-31-23-26-15-20(24)22(29-23)28-19-9-4-8-18(13-19)27-21(33)10-6-12-32(2)3/h4-11,13-15H,12H2,1-3H3,(H,27,33)(H2,26,28,29,31)/b10-6+,30-16+. The van der Waals surface area contributed by atoms with Crippen molar-refractivity contribution < 1.29 is 4.79 Å². The summed E-state index contributed by atoms with van der Waals surface area (Å²) in [6, 6.07) is 11.0. The van der Waals surface area contributed by atoms with Gasteiger partial charge in [0, 0.05) is 42.0 Å². The number of hydrazone groups is 1. The predicted molar refractivity (Wildman–Crippen MR) is 133 cm³/mol. The molecule has 3 rings (SSSR count). The number of anilines is 4. The van der Waals surface area contributed by atoms with Gasteiger partial charge in [-0.05, 0) is 45.3 Å². The molecular weight excluding hydrogens is 440 g/mol. The molecule has 2 aromatic heterocycles. The van der Waals surface area contributed by atoms with Crippen molar-refractivity contribution >= 4 is 46.4 Å². The van der Waals surface area contributed by atoms with Gasteiger partial charge >= 0.3 is 0 Å². The Hall–Kier alpha value is -3.82. The second-order valence-electron chi connectivity index (χ2n) is 7.30. The monoisotopic (exact) mass is 464 g/mol. The van der Waals surface area contributed by atoms with Crippen LogP contribution in [0.25, 0.3) is 0 Å². The summed E-state index contributed by atoms with van der Waals surface area (Å²) in [5.41, 5.74) is 5.79. The predicted octanol–water partition coefficient (Wildman–Crippen LogP) is 4.16. The van der Waals surface area contributed by atoms with E-state index in [0.29, 0.717) is 28.8 Å². The van der Waals surface area contributed by atoms with Gasteiger partial charge in [-0.1, -0.05) is 29.8 Å². The summed E-state index contributed by atoms with van der Waals surface area (Å²) in [7, 11) is 3.87. The highest BCUT2D eigenvalue weighted by molar-refractivity contribution is 6.32. The van der Waals surface area contributed by atoms with Gasteiger partial charge in [-0.25, -0.2) is 10.4 Å². The van der Waals surface area contributed by atoms with Gasteiger partial charge < -0.3 is 15.5 Å². The van der Waals surface area contributed by atoms with Gasteiger partial charge in [0.05, 0.1) is 11.9 Å². The number of carbonyl (C=O) groups is 1. The van der Waals surface area contributed by atoms with Crippen molar-refractivity contribution in [2.24, 2.45) is 5.10 Å². The lowest BCUT2D eigenvalue weighted by molar-refractivity contribution is -0.111. The van der Waals surface area contributed by atoms with Gasteiger partial charge in [0.1, 0.15) is 5.02 Å². The van der Waals surface area contributed by atoms with Gasteiger partial charge in [-0.2, -0.15) is 10.1 Å². The first kappa shape index (κ1) is 23.8. The Balaban J connectivity index is 1.67. The first-order chi connectivity index (χ1) is 15.9. The van der Waals surface area contributed by atoms with Crippen molar-refractivity contribution in [3.05, 3.63) is 77.7 Å². The van der Waals surface area contributed by atoms with Crippen LogP contribution in [0.1, 0.15) is 12.5 Å². The molecule has 10 heteroatoms. The molecule has 3 N–H and O–H groups in total. The third-order valence-electron chi connectivity index (χ3n) is 4.28. The van der Waals surface area contributed by atoms with Crippen LogP contribution in [-0.4, -0.2) is 52.1 Å². The van der Waals surface area contributed by atoms with Crippen LogP contribution in [0.3, 0.4) is 0 Å². The quantitative estimate of drug-likeness (QED) is 0.248. The van der Waals surface area contributed by atoms with Crippen LogP contribution in [0.5, 0.6) is 0 Å². The minimum atomic E-state index is -0.206. The first-order valence-electron chi connectivity index (χ1n) is 10.1. The number of likely N-dealkylation sites (N-methyl/N-ethyl adjacent to an activating group) is 1. The lowest BCUT2D eigenvalue weighted by atomic mass is 10.2. The van der Waals surface area contributed by atoms with Crippen molar-refractivity contribution in [3.8, 4) is 0 Å². The molecule has 2 heterocycles. The third-order valence-corrected chi connectivity index (χ3v) is 4.56. The summed E-state index contributed by atoms with van der Waals surface area (Å²) in [5.74, 6) is 0.473. The second-order valence-corrected chi connectivity index (χ2v) is 7.71. The molecule has 33 heavy (non-hydrogen) atoms. The highest BCUT2D eigenvalue weighted by atomic mass is 35.5. The minimum absolute atomic E-state index is 0.206. The molecule has 0 saturated carbocycles. The number of nitrogens with zero attached hydrogens (tertiary/aromatic N) is 5. The molecule has 170 valence electrons. The van der Waals surface area contributed by atoms with Crippen molar-refractivity contribution in [1.29, 1.82) is 0 Å². The zero-order valence-corrected chi connectivity index (χ0v) is 19.3. The van der Waals surface area contributed by atoms with E-state index in [1.54, 1.807) is 30.6 Å². The molecule has 0 fully saturated rings. The summed E-state index contributed by atoms with van der Waals surface area (Å²) in [5, 5.41) is 10.6. The minimum Gasteiger partial charge on any atom is -0.339 e. The summed E-state index contributed by atoms with van der Waals surface area (Å²) < 4.78 is 0. The Bertz CT molecular complexity index is 1150. The fourth-order valence-electron chi connectivity index (χ4n) is 2.65. The molecule has 9 nitrogen and oxygen atoms in total. The zero-order chi connectivity index (χ0) is 23.6. The van der Waals surface area contributed by atoms with Crippen LogP contribution in [0, 0.1) is 0 Å². The molecule has 1 amide bonds. The van der Waals surface area contributed by atoms with Gasteiger partial charge in [0.15, 0.2) is 5.82 Å². The van der Waals surface area contributed by atoms with Crippen LogP contribution < -0.4 is 16.1 Å². The van der Waals surface area contributed by atoms with E-state index in [1.807, 2.05) is 50.2 Å². The average Bonchev–Trinajstić information content (AvgIpc) is 2.80. The van der Waals surface area contributed by atoms with Gasteiger partial charge in [-0.15, -0.1) is 0 Å². The van der Waals surface area contributed by atoms with Crippen LogP contribution in [0.2, 0.25) is 5.02 Å². The van der Waals surface area contributed by atoms with Crippen LogP contribution in [0.15, 0.2) is 72.2 Å². The third kappa shape index (κ3) is 7.67. The van der Waals surface area contributed by atoms with E-state index in [-0.39, 0.29) is 11.9 Å². The largest absolute Gasteiger partial charge is 0.339 e. The number of amides is 1. The molecule has 1 aromatic carbocycles. The van der Waals surface area contributed by atoms with Crippen LogP contribution in [0.4, 0.5) is 23.1 Å². The van der Waals surface area contributed by atoms with Crippen molar-refractivity contribution in [2.75, 3.05) is 36.7 Å². The van der Waals surface area contributed by atoms with Crippen molar-refractivity contribution in [3.63, 3.8) is 0 Å². The molecule has 3 aromatic rings. The van der Waals surface area contributed by atoms with E-state index in [2.05, 4.69) is 36.1 Å². The van der Waals surface area contributed by atoms with Crippen LogP contribution in [-0.2, 0) is 4.79 Å². The number of carbonyl (C=O) groups excluding carboxylic acids is 1. The highest BCUT2D eigenvalue weighted by Gasteiger charge is 2.07. The number of nitrogens with one attached hydrogen (secondary N) is 3. The van der Waals surface area contributed by atoms with Crippen molar-refractivity contribution in [2.45, 2.75) is 6.92 Å². The normalized spacial score (nSPS) is 11.6. The van der Waals surface area contributed by atoms with Crippen LogP contribution >= 0.6 is 11.6 Å². The maximum absolute atomic E-state index is 12.1. The Morgan fingerprint density at radius 3 is 2.76 bits per heavy atom. The van der Waals surface area contributed by atoms with E-state index < -0.39 is 0 Å². The van der Waals surface area contributed by atoms with Gasteiger partial charge in [0.2, 0.25) is 11.9 Å². The van der Waals surface area contributed by atoms with E-state index in [1.165, 1.54) is 12.3 Å². The molecule has 0 saturated heterocycles. The fraction of sp³-hybridized carbons (Fsp3) is 0.174. The Kier molecular flexibility index (Phi) is 8.45. The average molecular weight is 465 g/mol. The molecule has 0 aliphatic heterocycles. The van der Waals surface area contributed by atoms with E-state index in [4.69, 9.17) is 11.6 Å².